The molecule has 94 valence electrons. The highest BCUT2D eigenvalue weighted by atomic mass is 16.5. The third kappa shape index (κ3) is 1.92. The molecule has 0 spiro atoms. The molecule has 18 heavy (non-hydrogen) atoms. The van der Waals surface area contributed by atoms with E-state index in [1.807, 2.05) is 0 Å². The lowest BCUT2D eigenvalue weighted by molar-refractivity contribution is -0.154. The number of nitrogens with two attached hydrogens (primary N) is 1. The van der Waals surface area contributed by atoms with Crippen LogP contribution >= 0.6 is 0 Å². The van der Waals surface area contributed by atoms with Gasteiger partial charge in [0, 0.05) is 5.69 Å². The number of amides is 2. The zero-order valence-corrected chi connectivity index (χ0v) is 9.80. The second-order valence-electron chi connectivity index (χ2n) is 3.82. The van der Waals surface area contributed by atoms with Crippen LogP contribution in [0.5, 0.6) is 0 Å². The first-order valence-electron chi connectivity index (χ1n) is 5.47. The second kappa shape index (κ2) is 4.48. The number of carbonyl (C=O) groups excluding carboxylic acids is 3. The first-order chi connectivity index (χ1) is 8.54. The van der Waals surface area contributed by atoms with Crippen molar-refractivity contribution in [1.82, 2.24) is 0 Å². The number of fused-ring (bicyclic) bond motifs is 1. The highest BCUT2D eigenvalue weighted by Crippen LogP contribution is 2.30. The van der Waals surface area contributed by atoms with Gasteiger partial charge in [-0.05, 0) is 30.7 Å². The summed E-state index contributed by atoms with van der Waals surface area (Å²) in [6.45, 7) is 1.67. The van der Waals surface area contributed by atoms with Gasteiger partial charge in [-0.1, -0.05) is 0 Å². The SMILES string of the molecule is CCOC(=O)C(=O)N1C(=O)Cc2cc(N)ccc21. The largest absolute Gasteiger partial charge is 0.459 e. The Bertz CT molecular complexity index is 539. The minimum atomic E-state index is -1.03. The van der Waals surface area contributed by atoms with Crippen LogP contribution in [0, 0.1) is 0 Å². The summed E-state index contributed by atoms with van der Waals surface area (Å²) in [7, 11) is 0. The Hall–Kier alpha value is -2.37. The van der Waals surface area contributed by atoms with Gasteiger partial charge in [0.05, 0.1) is 18.7 Å². The molecule has 2 amide bonds. The smallest absolute Gasteiger partial charge is 0.397 e. The number of ether oxygens (including phenoxy) is 1. The number of rotatable bonds is 1. The monoisotopic (exact) mass is 248 g/mol. The van der Waals surface area contributed by atoms with E-state index in [4.69, 9.17) is 5.73 Å². The van der Waals surface area contributed by atoms with E-state index in [2.05, 4.69) is 4.74 Å². The minimum Gasteiger partial charge on any atom is -0.459 e. The Labute approximate surface area is 103 Å². The van der Waals surface area contributed by atoms with Crippen LogP contribution in [0.3, 0.4) is 0 Å². The average molecular weight is 248 g/mol. The van der Waals surface area contributed by atoms with Gasteiger partial charge in [-0.3, -0.25) is 9.59 Å². The average Bonchev–Trinajstić information content (AvgIpc) is 2.63. The van der Waals surface area contributed by atoms with E-state index in [0.29, 0.717) is 16.9 Å². The molecule has 0 atom stereocenters. The van der Waals surface area contributed by atoms with Gasteiger partial charge < -0.3 is 10.5 Å². The van der Waals surface area contributed by atoms with Crippen molar-refractivity contribution < 1.29 is 19.1 Å². The zero-order chi connectivity index (χ0) is 13.3. The molecular formula is C12H12N2O4. The lowest BCUT2D eigenvalue weighted by Crippen LogP contribution is -2.39. The van der Waals surface area contributed by atoms with E-state index >= 15 is 0 Å². The van der Waals surface area contributed by atoms with E-state index in [0.717, 1.165) is 4.90 Å². The second-order valence-corrected chi connectivity index (χ2v) is 3.82. The van der Waals surface area contributed by atoms with Crippen LogP contribution in [-0.4, -0.2) is 24.4 Å². The number of carbonyl (C=O) groups is 3. The van der Waals surface area contributed by atoms with E-state index in [-0.39, 0.29) is 13.0 Å². The number of hydrogen-bond acceptors (Lipinski definition) is 5. The molecule has 0 unspecified atom stereocenters. The maximum atomic E-state index is 11.8. The van der Waals surface area contributed by atoms with Crippen molar-refractivity contribution in [2.45, 2.75) is 13.3 Å². The summed E-state index contributed by atoms with van der Waals surface area (Å²) < 4.78 is 4.60. The fourth-order valence-electron chi connectivity index (χ4n) is 1.85. The van der Waals surface area contributed by atoms with Crippen molar-refractivity contribution in [2.75, 3.05) is 17.2 Å². The molecule has 0 saturated heterocycles. The van der Waals surface area contributed by atoms with Crippen LogP contribution in [0.2, 0.25) is 0 Å². The lowest BCUT2D eigenvalue weighted by atomic mass is 10.1. The molecule has 1 aromatic carbocycles. The van der Waals surface area contributed by atoms with Crippen molar-refractivity contribution >= 4 is 29.2 Å². The summed E-state index contributed by atoms with van der Waals surface area (Å²) in [6, 6.07) is 4.74. The first-order valence-corrected chi connectivity index (χ1v) is 5.47. The van der Waals surface area contributed by atoms with Gasteiger partial charge in [0.15, 0.2) is 0 Å². The number of nitrogen functional groups attached to an aromatic ring is 1. The fraction of sp³-hybridized carbons (Fsp3) is 0.250. The van der Waals surface area contributed by atoms with E-state index in [1.54, 1.807) is 25.1 Å². The molecule has 1 heterocycles. The van der Waals surface area contributed by atoms with E-state index in [1.165, 1.54) is 0 Å². The zero-order valence-electron chi connectivity index (χ0n) is 9.80. The Kier molecular flexibility index (Phi) is 3.01. The highest BCUT2D eigenvalue weighted by molar-refractivity contribution is 6.44. The van der Waals surface area contributed by atoms with Gasteiger partial charge >= 0.3 is 11.9 Å². The molecule has 0 aromatic heterocycles. The maximum Gasteiger partial charge on any atom is 0.397 e. The Morgan fingerprint density at radius 2 is 2.17 bits per heavy atom. The van der Waals surface area contributed by atoms with E-state index in [9.17, 15) is 14.4 Å². The van der Waals surface area contributed by atoms with Crippen molar-refractivity contribution in [3.8, 4) is 0 Å². The number of benzene rings is 1. The quantitative estimate of drug-likeness (QED) is 0.437. The molecule has 0 bridgehead atoms. The summed E-state index contributed by atoms with van der Waals surface area (Å²) >= 11 is 0. The molecule has 6 nitrogen and oxygen atoms in total. The van der Waals surface area contributed by atoms with Gasteiger partial charge in [-0.15, -0.1) is 0 Å². The molecule has 1 aromatic rings. The molecule has 6 heteroatoms. The molecule has 2 N–H and O–H groups in total. The Morgan fingerprint density at radius 1 is 1.44 bits per heavy atom. The summed E-state index contributed by atoms with van der Waals surface area (Å²) in [5.74, 6) is -2.45. The molecule has 1 aliphatic rings. The first kappa shape index (κ1) is 12.1. The summed E-state index contributed by atoms with van der Waals surface area (Å²) in [5.41, 5.74) is 7.14. The van der Waals surface area contributed by atoms with Crippen LogP contribution in [0.25, 0.3) is 0 Å². The van der Waals surface area contributed by atoms with Gasteiger partial charge in [0.2, 0.25) is 5.91 Å². The number of esters is 1. The van der Waals surface area contributed by atoms with Crippen molar-refractivity contribution in [3.05, 3.63) is 23.8 Å². The van der Waals surface area contributed by atoms with Crippen LogP contribution in [0.4, 0.5) is 11.4 Å². The number of nitrogens with zero attached hydrogens (tertiary/aromatic N) is 1. The molecule has 0 fully saturated rings. The predicted molar refractivity (Wildman–Crippen MR) is 63.7 cm³/mol. The van der Waals surface area contributed by atoms with E-state index < -0.39 is 17.8 Å². The van der Waals surface area contributed by atoms with Crippen molar-refractivity contribution in [1.29, 1.82) is 0 Å². The number of hydrogen-bond donors (Lipinski definition) is 1. The summed E-state index contributed by atoms with van der Waals surface area (Å²) in [5, 5.41) is 0. The topological polar surface area (TPSA) is 89.7 Å². The highest BCUT2D eigenvalue weighted by Gasteiger charge is 2.36. The molecule has 0 aliphatic carbocycles. The van der Waals surface area contributed by atoms with Gasteiger partial charge in [0.25, 0.3) is 0 Å². The van der Waals surface area contributed by atoms with Crippen molar-refractivity contribution in [2.24, 2.45) is 0 Å². The van der Waals surface area contributed by atoms with Gasteiger partial charge in [-0.2, -0.15) is 0 Å². The van der Waals surface area contributed by atoms with Crippen LogP contribution < -0.4 is 10.6 Å². The third-order valence-corrected chi connectivity index (χ3v) is 2.59. The molecule has 0 radical (unpaired) electrons. The molecule has 1 aliphatic heterocycles. The van der Waals surface area contributed by atoms with Crippen LogP contribution in [0.1, 0.15) is 12.5 Å². The maximum absolute atomic E-state index is 11.8. The minimum absolute atomic E-state index is 0.0610. The lowest BCUT2D eigenvalue weighted by Gasteiger charge is -2.14. The third-order valence-electron chi connectivity index (χ3n) is 2.59. The Balaban J connectivity index is 2.33. The van der Waals surface area contributed by atoms with Crippen LogP contribution in [0.15, 0.2) is 18.2 Å². The molecular weight excluding hydrogens is 236 g/mol. The number of anilines is 2. The summed E-state index contributed by atoms with van der Waals surface area (Å²) in [6.07, 6.45) is 0.0610. The normalized spacial score (nSPS) is 13.4. The van der Waals surface area contributed by atoms with Gasteiger partial charge in [0.1, 0.15) is 0 Å². The standard InChI is InChI=1S/C12H12N2O4/c1-2-18-12(17)11(16)14-9-4-3-8(13)5-7(9)6-10(14)15/h3-5H,2,6,13H2,1H3. The molecule has 0 saturated carbocycles. The van der Waals surface area contributed by atoms with Crippen LogP contribution in [-0.2, 0) is 25.5 Å². The fourth-order valence-corrected chi connectivity index (χ4v) is 1.85. The van der Waals surface area contributed by atoms with Gasteiger partial charge in [-0.25, -0.2) is 9.69 Å². The molecule has 2 rings (SSSR count). The van der Waals surface area contributed by atoms with Crippen molar-refractivity contribution in [3.63, 3.8) is 0 Å². The predicted octanol–water partition coefficient (Wildman–Crippen LogP) is 0.248. The Morgan fingerprint density at radius 3 is 2.83 bits per heavy atom. The number of imide groups is 1. The summed E-state index contributed by atoms with van der Waals surface area (Å²) in [4.78, 5) is 35.7.